The van der Waals surface area contributed by atoms with Crippen molar-refractivity contribution in [2.75, 3.05) is 30.4 Å². The maximum atomic E-state index is 4.46. The summed E-state index contributed by atoms with van der Waals surface area (Å²) in [5, 5.41) is 14.0. The molecule has 1 saturated heterocycles. The molecule has 1 fully saturated rings. The molecule has 3 aromatic rings. The summed E-state index contributed by atoms with van der Waals surface area (Å²) in [6.07, 6.45) is 9.47. The van der Waals surface area contributed by atoms with Crippen molar-refractivity contribution in [3.05, 3.63) is 48.7 Å². The lowest BCUT2D eigenvalue weighted by molar-refractivity contribution is 0.571. The van der Waals surface area contributed by atoms with E-state index in [1.165, 1.54) is 6.42 Å². The first-order valence-electron chi connectivity index (χ1n) is 9.25. The quantitative estimate of drug-likeness (QED) is 0.591. The first-order chi connectivity index (χ1) is 13.3. The minimum absolute atomic E-state index is 0.429. The van der Waals surface area contributed by atoms with Gasteiger partial charge < -0.3 is 15.5 Å². The van der Waals surface area contributed by atoms with Gasteiger partial charge in [0.05, 0.1) is 11.9 Å². The summed E-state index contributed by atoms with van der Waals surface area (Å²) in [5.41, 5.74) is 3.22. The van der Waals surface area contributed by atoms with E-state index in [9.17, 15) is 0 Å². The van der Waals surface area contributed by atoms with Crippen molar-refractivity contribution in [2.45, 2.75) is 25.4 Å². The molecule has 8 nitrogen and oxygen atoms in total. The molecule has 8 heteroatoms. The van der Waals surface area contributed by atoms with Gasteiger partial charge in [-0.3, -0.25) is 10.1 Å². The van der Waals surface area contributed by atoms with E-state index in [1.54, 1.807) is 12.5 Å². The maximum Gasteiger partial charge on any atom is 0.134 e. The lowest BCUT2D eigenvalue weighted by Gasteiger charge is -2.26. The monoisotopic (exact) mass is 364 g/mol. The molecule has 0 aromatic carbocycles. The Morgan fingerprint density at radius 3 is 3.11 bits per heavy atom. The molecule has 1 aliphatic heterocycles. The van der Waals surface area contributed by atoms with Crippen molar-refractivity contribution in [3.63, 3.8) is 0 Å². The molecular weight excluding hydrogens is 340 g/mol. The lowest BCUT2D eigenvalue weighted by Crippen LogP contribution is -2.38. The van der Waals surface area contributed by atoms with Gasteiger partial charge in [-0.25, -0.2) is 9.97 Å². The summed E-state index contributed by atoms with van der Waals surface area (Å²) in [7, 11) is 1.87. The van der Waals surface area contributed by atoms with Crippen LogP contribution in [0.1, 0.15) is 18.4 Å². The minimum atomic E-state index is 0.429. The van der Waals surface area contributed by atoms with E-state index in [-0.39, 0.29) is 0 Å². The summed E-state index contributed by atoms with van der Waals surface area (Å²) in [6, 6.07) is 6.41. The standard InChI is InChI=1S/C19H24N8/c1-20-17-8-18(24-13-23-17)27-7-3-5-16(27)12-22-10-15-11-25-26-19(15)14-4-2-6-21-9-14/h2,4,6,8-9,11,13,16,22H,3,5,7,10,12H2,1H3,(H,25,26)(H,20,23,24)/t16-/m0/s1. The first-order valence-corrected chi connectivity index (χ1v) is 9.25. The molecule has 140 valence electrons. The van der Waals surface area contributed by atoms with Crippen molar-refractivity contribution in [2.24, 2.45) is 0 Å². The molecule has 0 aliphatic carbocycles. The van der Waals surface area contributed by atoms with Gasteiger partial charge in [0.1, 0.15) is 18.0 Å². The maximum absolute atomic E-state index is 4.46. The van der Waals surface area contributed by atoms with Crippen molar-refractivity contribution >= 4 is 11.6 Å². The van der Waals surface area contributed by atoms with Gasteiger partial charge in [-0.05, 0) is 25.0 Å². The molecule has 0 radical (unpaired) electrons. The number of rotatable bonds is 7. The summed E-state index contributed by atoms with van der Waals surface area (Å²) >= 11 is 0. The highest BCUT2D eigenvalue weighted by Gasteiger charge is 2.25. The number of anilines is 2. The van der Waals surface area contributed by atoms with Gasteiger partial charge in [-0.15, -0.1) is 0 Å². The number of nitrogens with one attached hydrogen (secondary N) is 3. The van der Waals surface area contributed by atoms with E-state index in [4.69, 9.17) is 0 Å². The van der Waals surface area contributed by atoms with Crippen LogP contribution < -0.4 is 15.5 Å². The molecule has 1 aliphatic rings. The Morgan fingerprint density at radius 2 is 2.26 bits per heavy atom. The van der Waals surface area contributed by atoms with Gasteiger partial charge in [0.2, 0.25) is 0 Å². The zero-order valence-corrected chi connectivity index (χ0v) is 15.4. The van der Waals surface area contributed by atoms with Crippen molar-refractivity contribution in [3.8, 4) is 11.3 Å². The molecule has 4 rings (SSSR count). The summed E-state index contributed by atoms with van der Waals surface area (Å²) in [4.78, 5) is 15.2. The fourth-order valence-corrected chi connectivity index (χ4v) is 3.57. The zero-order valence-electron chi connectivity index (χ0n) is 15.4. The average molecular weight is 364 g/mol. The lowest BCUT2D eigenvalue weighted by atomic mass is 10.1. The number of aromatic amines is 1. The smallest absolute Gasteiger partial charge is 0.134 e. The van der Waals surface area contributed by atoms with Crippen LogP contribution in [0.25, 0.3) is 11.3 Å². The third-order valence-corrected chi connectivity index (χ3v) is 4.94. The molecule has 0 unspecified atom stereocenters. The molecule has 27 heavy (non-hydrogen) atoms. The Morgan fingerprint density at radius 1 is 1.30 bits per heavy atom. The number of aromatic nitrogens is 5. The Hall–Kier alpha value is -3.00. The topological polar surface area (TPSA) is 94.7 Å². The van der Waals surface area contributed by atoms with Gasteiger partial charge in [-0.1, -0.05) is 0 Å². The highest BCUT2D eigenvalue weighted by Crippen LogP contribution is 2.25. The molecule has 0 saturated carbocycles. The second-order valence-electron chi connectivity index (χ2n) is 6.64. The van der Waals surface area contributed by atoms with Crippen LogP contribution in [0.4, 0.5) is 11.6 Å². The van der Waals surface area contributed by atoms with Crippen LogP contribution in [0.5, 0.6) is 0 Å². The SMILES string of the molecule is CNc1cc(N2CCC[C@H]2CNCc2cn[nH]c2-c2cccnc2)ncn1. The predicted octanol–water partition coefficient (Wildman–Crippen LogP) is 2.06. The van der Waals surface area contributed by atoms with E-state index in [1.807, 2.05) is 37.6 Å². The Labute approximate surface area is 158 Å². The van der Waals surface area contributed by atoms with E-state index in [0.717, 1.165) is 54.5 Å². The van der Waals surface area contributed by atoms with Gasteiger partial charge in [-0.2, -0.15) is 5.10 Å². The normalized spacial score (nSPS) is 16.6. The zero-order chi connectivity index (χ0) is 18.5. The fraction of sp³-hybridized carbons (Fsp3) is 0.368. The van der Waals surface area contributed by atoms with Crippen LogP contribution in [-0.2, 0) is 6.54 Å². The Balaban J connectivity index is 1.39. The largest absolute Gasteiger partial charge is 0.373 e. The third kappa shape index (κ3) is 3.90. The van der Waals surface area contributed by atoms with Crippen LogP contribution in [0.2, 0.25) is 0 Å². The number of hydrogen-bond donors (Lipinski definition) is 3. The molecule has 3 N–H and O–H groups in total. The molecule has 0 spiro atoms. The van der Waals surface area contributed by atoms with Gasteiger partial charge in [0, 0.05) is 62.3 Å². The molecule has 0 amide bonds. The number of pyridine rings is 1. The van der Waals surface area contributed by atoms with Gasteiger partial charge in [0.25, 0.3) is 0 Å². The van der Waals surface area contributed by atoms with Crippen molar-refractivity contribution < 1.29 is 0 Å². The molecule has 3 aromatic heterocycles. The van der Waals surface area contributed by atoms with Crippen molar-refractivity contribution in [1.82, 2.24) is 30.5 Å². The van der Waals surface area contributed by atoms with Gasteiger partial charge in [0.15, 0.2) is 0 Å². The summed E-state index contributed by atoms with van der Waals surface area (Å²) < 4.78 is 0. The average Bonchev–Trinajstić information content (AvgIpc) is 3.38. The minimum Gasteiger partial charge on any atom is -0.373 e. The highest BCUT2D eigenvalue weighted by atomic mass is 15.2. The first kappa shape index (κ1) is 17.4. The van der Waals surface area contributed by atoms with Crippen molar-refractivity contribution in [1.29, 1.82) is 0 Å². The van der Waals surface area contributed by atoms with E-state index < -0.39 is 0 Å². The Bertz CT molecular complexity index is 863. The number of H-pyrrole nitrogens is 1. The summed E-state index contributed by atoms with van der Waals surface area (Å²) in [5.74, 6) is 1.83. The summed E-state index contributed by atoms with van der Waals surface area (Å²) in [6.45, 7) is 2.69. The second-order valence-corrected chi connectivity index (χ2v) is 6.64. The second kappa shape index (κ2) is 8.13. The molecule has 0 bridgehead atoms. The predicted molar refractivity (Wildman–Crippen MR) is 105 cm³/mol. The highest BCUT2D eigenvalue weighted by molar-refractivity contribution is 5.61. The molecule has 1 atom stereocenters. The fourth-order valence-electron chi connectivity index (χ4n) is 3.57. The Kier molecular flexibility index (Phi) is 5.24. The van der Waals surface area contributed by atoms with Crippen LogP contribution >= 0.6 is 0 Å². The van der Waals surface area contributed by atoms with Crippen LogP contribution in [0, 0.1) is 0 Å². The molecular formula is C19H24N8. The number of nitrogens with zero attached hydrogens (tertiary/aromatic N) is 5. The van der Waals surface area contributed by atoms with Crippen LogP contribution in [0.15, 0.2) is 43.1 Å². The molecule has 4 heterocycles. The van der Waals surface area contributed by atoms with E-state index in [0.29, 0.717) is 6.04 Å². The van der Waals surface area contributed by atoms with Crippen LogP contribution in [-0.4, -0.2) is 51.3 Å². The van der Waals surface area contributed by atoms with Gasteiger partial charge >= 0.3 is 0 Å². The van der Waals surface area contributed by atoms with E-state index in [2.05, 4.69) is 40.7 Å². The third-order valence-electron chi connectivity index (χ3n) is 4.94. The number of hydrogen-bond acceptors (Lipinski definition) is 7. The van der Waals surface area contributed by atoms with Crippen LogP contribution in [0.3, 0.4) is 0 Å². The van der Waals surface area contributed by atoms with E-state index >= 15 is 0 Å².